The van der Waals surface area contributed by atoms with Gasteiger partial charge in [-0.3, -0.25) is 14.1 Å². The third kappa shape index (κ3) is 9.90. The zero-order valence-electron chi connectivity index (χ0n) is 17.6. The molecule has 1 rings (SSSR count). The van der Waals surface area contributed by atoms with Gasteiger partial charge in [0.15, 0.2) is 5.44 Å². The minimum atomic E-state index is -4.48. The van der Waals surface area contributed by atoms with Crippen molar-refractivity contribution in [3.05, 3.63) is 35.4 Å². The highest BCUT2D eigenvalue weighted by atomic mass is 32.2. The normalized spacial score (nSPS) is 13.2. The second-order valence-electron chi connectivity index (χ2n) is 6.68. The Labute approximate surface area is 181 Å². The number of nitrogens with one attached hydrogen (secondary N) is 1. The van der Waals surface area contributed by atoms with Crippen LogP contribution in [0.1, 0.15) is 55.5 Å². The lowest BCUT2D eigenvalue weighted by Gasteiger charge is -2.17. The number of aryl methyl sites for hydroxylation is 1. The summed E-state index contributed by atoms with van der Waals surface area (Å²) in [5.74, 6) is -1.64. The molecule has 174 valence electrons. The molecule has 31 heavy (non-hydrogen) atoms. The van der Waals surface area contributed by atoms with Crippen LogP contribution in [0.15, 0.2) is 24.3 Å². The van der Waals surface area contributed by atoms with Gasteiger partial charge < -0.3 is 19.9 Å². The highest BCUT2D eigenvalue weighted by molar-refractivity contribution is 7.86. The summed E-state index contributed by atoms with van der Waals surface area (Å²) in [6.45, 7) is 3.65. The first kappa shape index (κ1) is 26.5. The highest BCUT2D eigenvalue weighted by Gasteiger charge is 2.24. The van der Waals surface area contributed by atoms with Gasteiger partial charge in [-0.25, -0.2) is 4.79 Å². The van der Waals surface area contributed by atoms with Crippen LogP contribution in [-0.2, 0) is 35.6 Å². The Balaban J connectivity index is 2.67. The van der Waals surface area contributed by atoms with Crippen LogP contribution < -0.4 is 5.32 Å². The van der Waals surface area contributed by atoms with Gasteiger partial charge in [-0.1, -0.05) is 12.1 Å². The third-order valence-corrected chi connectivity index (χ3v) is 5.22. The molecule has 0 spiro atoms. The van der Waals surface area contributed by atoms with Crippen LogP contribution in [0.3, 0.4) is 0 Å². The quantitative estimate of drug-likeness (QED) is 0.291. The van der Waals surface area contributed by atoms with Crippen LogP contribution >= 0.6 is 0 Å². The number of rotatable bonds is 13. The Hall–Kier alpha value is -2.50. The molecule has 3 N–H and O–H groups in total. The molecule has 1 aromatic rings. The van der Waals surface area contributed by atoms with E-state index < -0.39 is 39.4 Å². The second kappa shape index (κ2) is 13.0. The molecule has 1 aromatic carbocycles. The minimum absolute atomic E-state index is 0.0393. The molecule has 0 saturated carbocycles. The van der Waals surface area contributed by atoms with Crippen LogP contribution in [-0.4, -0.2) is 60.6 Å². The first-order valence-corrected chi connectivity index (χ1v) is 11.4. The zero-order valence-corrected chi connectivity index (χ0v) is 18.4. The van der Waals surface area contributed by atoms with Gasteiger partial charge in [0.1, 0.15) is 6.04 Å². The summed E-state index contributed by atoms with van der Waals surface area (Å²) in [4.78, 5) is 36.2. The average molecular weight is 460 g/mol. The first-order valence-electron chi connectivity index (χ1n) is 9.94. The Kier molecular flexibility index (Phi) is 11.2. The summed E-state index contributed by atoms with van der Waals surface area (Å²) in [6, 6.07) is 5.40. The number of aliphatic hydroxyl groups is 1. The largest absolute Gasteiger partial charge is 0.466 e. The van der Waals surface area contributed by atoms with E-state index in [9.17, 15) is 27.9 Å². The maximum Gasteiger partial charge on any atom is 0.328 e. The van der Waals surface area contributed by atoms with Gasteiger partial charge >= 0.3 is 11.9 Å². The van der Waals surface area contributed by atoms with Crippen molar-refractivity contribution in [1.82, 2.24) is 5.32 Å². The number of aliphatic hydroxyl groups excluding tert-OH is 1. The Morgan fingerprint density at radius 1 is 1.03 bits per heavy atom. The zero-order chi connectivity index (χ0) is 23.4. The van der Waals surface area contributed by atoms with Gasteiger partial charge in [0.2, 0.25) is 0 Å². The number of hydrogen-bond acceptors (Lipinski definition) is 8. The van der Waals surface area contributed by atoms with E-state index in [-0.39, 0.29) is 38.0 Å². The standard InChI is InChI=1S/C20H29NO9S/c1-3-29-17(22)13-12-16(20(25)30-4-2)21-19(24)15-10-8-14(9-11-15)6-5-7-18(23)31(26,27)28/h8-11,16,18,23H,3-7,12-13H2,1-2H3,(H,21,24)(H,26,27,28)/t16-,18?/m0/s1. The van der Waals surface area contributed by atoms with E-state index in [1.54, 1.807) is 26.0 Å². The molecule has 0 heterocycles. The Morgan fingerprint density at radius 3 is 2.19 bits per heavy atom. The molecule has 0 aliphatic carbocycles. The molecule has 1 amide bonds. The van der Waals surface area contributed by atoms with Crippen molar-refractivity contribution in [3.8, 4) is 0 Å². The maximum atomic E-state index is 12.5. The Bertz CT molecular complexity index is 837. The van der Waals surface area contributed by atoms with Crippen LogP contribution in [0.4, 0.5) is 0 Å². The molecule has 0 aliphatic rings. The molecule has 0 radical (unpaired) electrons. The van der Waals surface area contributed by atoms with E-state index in [0.717, 1.165) is 5.56 Å². The van der Waals surface area contributed by atoms with Crippen molar-refractivity contribution in [3.63, 3.8) is 0 Å². The molecule has 0 fully saturated rings. The average Bonchev–Trinajstić information content (AvgIpc) is 2.71. The van der Waals surface area contributed by atoms with Crippen molar-refractivity contribution in [2.24, 2.45) is 0 Å². The predicted octanol–water partition coefficient (Wildman–Crippen LogP) is 1.22. The molecule has 2 atom stereocenters. The SMILES string of the molecule is CCOC(=O)CC[C@H](NC(=O)c1ccc(CCCC(O)S(=O)(=O)O)cc1)C(=O)OCC. The van der Waals surface area contributed by atoms with E-state index in [1.165, 1.54) is 12.1 Å². The third-order valence-electron chi connectivity index (χ3n) is 4.30. The van der Waals surface area contributed by atoms with E-state index in [1.807, 2.05) is 0 Å². The molecule has 11 heteroatoms. The van der Waals surface area contributed by atoms with Gasteiger partial charge in [-0.05, 0) is 57.2 Å². The molecular weight excluding hydrogens is 430 g/mol. The van der Waals surface area contributed by atoms with Gasteiger partial charge in [0.25, 0.3) is 16.0 Å². The van der Waals surface area contributed by atoms with Crippen LogP contribution in [0.25, 0.3) is 0 Å². The van der Waals surface area contributed by atoms with E-state index in [0.29, 0.717) is 12.8 Å². The van der Waals surface area contributed by atoms with Gasteiger partial charge in [0, 0.05) is 12.0 Å². The Morgan fingerprint density at radius 2 is 1.65 bits per heavy atom. The lowest BCUT2D eigenvalue weighted by molar-refractivity contribution is -0.146. The topological polar surface area (TPSA) is 156 Å². The lowest BCUT2D eigenvalue weighted by Crippen LogP contribution is -2.42. The summed E-state index contributed by atoms with van der Waals surface area (Å²) in [7, 11) is -4.48. The first-order chi connectivity index (χ1) is 14.6. The minimum Gasteiger partial charge on any atom is -0.466 e. The van der Waals surface area contributed by atoms with Crippen LogP contribution in [0.5, 0.6) is 0 Å². The molecule has 0 aliphatic heterocycles. The molecule has 10 nitrogen and oxygen atoms in total. The van der Waals surface area contributed by atoms with E-state index >= 15 is 0 Å². The van der Waals surface area contributed by atoms with Crippen LogP contribution in [0, 0.1) is 0 Å². The number of amides is 1. The summed E-state index contributed by atoms with van der Waals surface area (Å²) in [5, 5.41) is 11.9. The fourth-order valence-corrected chi connectivity index (χ4v) is 3.15. The number of carbonyl (C=O) groups excluding carboxylic acids is 3. The van der Waals surface area contributed by atoms with Crippen LogP contribution in [0.2, 0.25) is 0 Å². The molecule has 0 bridgehead atoms. The fourth-order valence-electron chi connectivity index (χ4n) is 2.68. The smallest absolute Gasteiger partial charge is 0.328 e. The van der Waals surface area contributed by atoms with Crippen molar-refractivity contribution in [2.45, 2.75) is 57.4 Å². The summed E-state index contributed by atoms with van der Waals surface area (Å²) in [5.41, 5.74) is -0.748. The van der Waals surface area contributed by atoms with E-state index in [4.69, 9.17) is 14.0 Å². The van der Waals surface area contributed by atoms with Gasteiger partial charge in [-0.2, -0.15) is 8.42 Å². The predicted molar refractivity (Wildman–Crippen MR) is 111 cm³/mol. The number of benzene rings is 1. The maximum absolute atomic E-state index is 12.5. The lowest BCUT2D eigenvalue weighted by atomic mass is 10.1. The molecule has 0 aromatic heterocycles. The second-order valence-corrected chi connectivity index (χ2v) is 8.25. The fraction of sp³-hybridized carbons (Fsp3) is 0.550. The van der Waals surface area contributed by atoms with Crippen molar-refractivity contribution >= 4 is 28.0 Å². The van der Waals surface area contributed by atoms with Gasteiger partial charge in [0.05, 0.1) is 13.2 Å². The molecule has 0 saturated heterocycles. The van der Waals surface area contributed by atoms with Gasteiger partial charge in [-0.15, -0.1) is 0 Å². The van der Waals surface area contributed by atoms with Crippen molar-refractivity contribution < 1.29 is 41.9 Å². The van der Waals surface area contributed by atoms with Crippen molar-refractivity contribution in [2.75, 3.05) is 13.2 Å². The number of esters is 2. The summed E-state index contributed by atoms with van der Waals surface area (Å²) in [6.07, 6.45) is 0.608. The summed E-state index contributed by atoms with van der Waals surface area (Å²) < 4.78 is 40.1. The monoisotopic (exact) mass is 459 g/mol. The van der Waals surface area contributed by atoms with E-state index in [2.05, 4.69) is 5.32 Å². The number of carbonyl (C=O) groups is 3. The summed E-state index contributed by atoms with van der Waals surface area (Å²) >= 11 is 0. The van der Waals surface area contributed by atoms with Crippen molar-refractivity contribution in [1.29, 1.82) is 0 Å². The number of hydrogen-bond donors (Lipinski definition) is 3. The number of ether oxygens (including phenoxy) is 2. The molecular formula is C20H29NO9S. The molecule has 1 unspecified atom stereocenters. The highest BCUT2D eigenvalue weighted by Crippen LogP contribution is 2.12.